The van der Waals surface area contributed by atoms with Gasteiger partial charge in [-0.05, 0) is 31.1 Å². The Labute approximate surface area is 107 Å². The molecule has 0 atom stereocenters. The summed E-state index contributed by atoms with van der Waals surface area (Å²) in [6, 6.07) is 0. The zero-order valence-corrected chi connectivity index (χ0v) is 11.6. The van der Waals surface area contributed by atoms with Crippen LogP contribution in [0.15, 0.2) is 5.38 Å². The lowest BCUT2D eigenvalue weighted by Gasteiger charge is -2.41. The Morgan fingerprint density at radius 2 is 2.00 bits per heavy atom. The summed E-state index contributed by atoms with van der Waals surface area (Å²) in [5.74, 6) is 0. The van der Waals surface area contributed by atoms with Crippen LogP contribution >= 0.6 is 11.3 Å². The monoisotopic (exact) mass is 255 g/mol. The maximum atomic E-state index is 9.09. The molecule has 0 unspecified atom stereocenters. The highest BCUT2D eigenvalue weighted by atomic mass is 32.1. The summed E-state index contributed by atoms with van der Waals surface area (Å²) in [5.41, 5.74) is 0.957. The highest BCUT2D eigenvalue weighted by molar-refractivity contribution is 7.09. The van der Waals surface area contributed by atoms with Gasteiger partial charge in [0, 0.05) is 12.5 Å². The van der Waals surface area contributed by atoms with Gasteiger partial charge in [0.2, 0.25) is 0 Å². The van der Waals surface area contributed by atoms with E-state index in [1.165, 1.54) is 0 Å². The van der Waals surface area contributed by atoms with Crippen molar-refractivity contribution in [3.05, 3.63) is 16.1 Å². The molecule has 0 amide bonds. The summed E-state index contributed by atoms with van der Waals surface area (Å²) in [4.78, 5) is 4.49. The number of nitrogens with zero attached hydrogens (tertiary/aromatic N) is 1. The highest BCUT2D eigenvalue weighted by Gasteiger charge is 2.41. The smallest absolute Gasteiger partial charge is 0.125 e. The van der Waals surface area contributed by atoms with Gasteiger partial charge in [0.15, 0.2) is 0 Å². The number of methoxy groups -OCH3 is 1. The third kappa shape index (κ3) is 2.54. The number of thiazole rings is 1. The molecule has 1 aliphatic rings. The Bertz CT molecular complexity index is 377. The van der Waals surface area contributed by atoms with Gasteiger partial charge in [0.05, 0.1) is 12.3 Å². The summed E-state index contributed by atoms with van der Waals surface area (Å²) in [5, 5.41) is 12.0. The number of rotatable bonds is 3. The van der Waals surface area contributed by atoms with Gasteiger partial charge < -0.3 is 9.84 Å². The molecule has 0 bridgehead atoms. The fourth-order valence-corrected chi connectivity index (χ4v) is 3.47. The van der Waals surface area contributed by atoms with Crippen LogP contribution in [0.5, 0.6) is 0 Å². The Kier molecular flexibility index (Phi) is 3.57. The second-order valence-electron chi connectivity index (χ2n) is 5.66. The van der Waals surface area contributed by atoms with Gasteiger partial charge in [-0.25, -0.2) is 4.98 Å². The van der Waals surface area contributed by atoms with Gasteiger partial charge in [0.25, 0.3) is 0 Å². The van der Waals surface area contributed by atoms with E-state index in [1.807, 2.05) is 5.38 Å². The molecule has 1 fully saturated rings. The van der Waals surface area contributed by atoms with Crippen LogP contribution in [-0.4, -0.2) is 17.2 Å². The van der Waals surface area contributed by atoms with Crippen LogP contribution in [0.25, 0.3) is 0 Å². The summed E-state index contributed by atoms with van der Waals surface area (Å²) >= 11 is 1.61. The lowest BCUT2D eigenvalue weighted by molar-refractivity contribution is -0.0668. The Morgan fingerprint density at radius 1 is 1.35 bits per heavy atom. The molecule has 0 aliphatic heterocycles. The first-order valence-corrected chi connectivity index (χ1v) is 7.00. The molecule has 1 N–H and O–H groups in total. The minimum atomic E-state index is -0.215. The lowest BCUT2D eigenvalue weighted by Crippen LogP contribution is -2.36. The predicted molar refractivity (Wildman–Crippen MR) is 69.0 cm³/mol. The molecule has 0 saturated heterocycles. The molecule has 96 valence electrons. The molecule has 2 rings (SSSR count). The van der Waals surface area contributed by atoms with Crippen molar-refractivity contribution >= 4 is 11.3 Å². The minimum Gasteiger partial charge on any atom is -0.390 e. The topological polar surface area (TPSA) is 42.4 Å². The van der Waals surface area contributed by atoms with Gasteiger partial charge in [-0.3, -0.25) is 0 Å². The van der Waals surface area contributed by atoms with Crippen LogP contribution < -0.4 is 0 Å². The van der Waals surface area contributed by atoms with E-state index in [4.69, 9.17) is 9.84 Å². The van der Waals surface area contributed by atoms with E-state index in [2.05, 4.69) is 18.8 Å². The summed E-state index contributed by atoms with van der Waals surface area (Å²) < 4.78 is 5.78. The molecule has 0 radical (unpaired) electrons. The number of hydrogen-bond acceptors (Lipinski definition) is 4. The van der Waals surface area contributed by atoms with Crippen molar-refractivity contribution in [3.63, 3.8) is 0 Å². The van der Waals surface area contributed by atoms with E-state index in [-0.39, 0.29) is 12.2 Å². The molecule has 0 spiro atoms. The fourth-order valence-electron chi connectivity index (χ4n) is 2.42. The van der Waals surface area contributed by atoms with Gasteiger partial charge in [-0.1, -0.05) is 13.8 Å². The SMILES string of the molecule is COC1(c2nc(CO)cs2)CCC(C)(C)CC1. The first kappa shape index (κ1) is 13.0. The Hall–Kier alpha value is -0.450. The first-order chi connectivity index (χ1) is 8.01. The third-order valence-corrected chi connectivity index (χ3v) is 4.98. The molecule has 4 heteroatoms. The van der Waals surface area contributed by atoms with Gasteiger partial charge in [0.1, 0.15) is 10.6 Å². The van der Waals surface area contributed by atoms with Crippen molar-refractivity contribution < 1.29 is 9.84 Å². The maximum Gasteiger partial charge on any atom is 0.125 e. The molecular weight excluding hydrogens is 234 g/mol. The van der Waals surface area contributed by atoms with Crippen molar-refractivity contribution in [2.45, 2.75) is 51.7 Å². The maximum absolute atomic E-state index is 9.09. The van der Waals surface area contributed by atoms with Crippen LogP contribution in [-0.2, 0) is 16.9 Å². The van der Waals surface area contributed by atoms with Crippen LogP contribution in [0.4, 0.5) is 0 Å². The van der Waals surface area contributed by atoms with Gasteiger partial charge in [-0.15, -0.1) is 11.3 Å². The quantitative estimate of drug-likeness (QED) is 0.902. The molecule has 1 aliphatic carbocycles. The number of aliphatic hydroxyl groups is 1. The third-order valence-electron chi connectivity index (χ3n) is 3.91. The molecule has 1 aromatic heterocycles. The molecule has 0 aromatic carbocycles. The molecule has 1 aromatic rings. The fraction of sp³-hybridized carbons (Fsp3) is 0.769. The average molecular weight is 255 g/mol. The normalized spacial score (nSPS) is 22.6. The van der Waals surface area contributed by atoms with Crippen molar-refractivity contribution in [2.24, 2.45) is 5.41 Å². The molecule has 17 heavy (non-hydrogen) atoms. The van der Waals surface area contributed by atoms with Crippen molar-refractivity contribution in [3.8, 4) is 0 Å². The summed E-state index contributed by atoms with van der Waals surface area (Å²) in [6.45, 7) is 4.64. The van der Waals surface area contributed by atoms with Gasteiger partial charge in [-0.2, -0.15) is 0 Å². The second-order valence-corrected chi connectivity index (χ2v) is 6.52. The van der Waals surface area contributed by atoms with Crippen LogP contribution in [0, 0.1) is 5.41 Å². The largest absolute Gasteiger partial charge is 0.390 e. The van der Waals surface area contributed by atoms with E-state index in [1.54, 1.807) is 18.4 Å². The molecule has 1 heterocycles. The van der Waals surface area contributed by atoms with Crippen LogP contribution in [0.1, 0.15) is 50.2 Å². The molecule has 3 nitrogen and oxygen atoms in total. The number of aromatic nitrogens is 1. The van der Waals surface area contributed by atoms with Crippen molar-refractivity contribution in [1.29, 1.82) is 0 Å². The van der Waals surface area contributed by atoms with Crippen molar-refractivity contribution in [2.75, 3.05) is 7.11 Å². The van der Waals surface area contributed by atoms with E-state index >= 15 is 0 Å². The number of aliphatic hydroxyl groups excluding tert-OH is 1. The van der Waals surface area contributed by atoms with E-state index in [0.717, 1.165) is 36.4 Å². The Morgan fingerprint density at radius 3 is 2.47 bits per heavy atom. The van der Waals surface area contributed by atoms with E-state index in [9.17, 15) is 0 Å². The van der Waals surface area contributed by atoms with Gasteiger partial charge >= 0.3 is 0 Å². The predicted octanol–water partition coefficient (Wildman–Crippen LogP) is 3.08. The number of ether oxygens (including phenoxy) is 1. The van der Waals surface area contributed by atoms with Crippen molar-refractivity contribution in [1.82, 2.24) is 4.98 Å². The van der Waals surface area contributed by atoms with Crippen LogP contribution in [0.2, 0.25) is 0 Å². The average Bonchev–Trinajstić information content (AvgIpc) is 2.79. The number of hydrogen-bond donors (Lipinski definition) is 1. The molecular formula is C13H21NO2S. The summed E-state index contributed by atoms with van der Waals surface area (Å²) in [7, 11) is 1.78. The first-order valence-electron chi connectivity index (χ1n) is 6.12. The Balaban J connectivity index is 2.21. The lowest BCUT2D eigenvalue weighted by atomic mass is 9.71. The second kappa shape index (κ2) is 4.67. The summed E-state index contributed by atoms with van der Waals surface area (Å²) in [6.07, 6.45) is 4.37. The van der Waals surface area contributed by atoms with Crippen LogP contribution in [0.3, 0.4) is 0 Å². The van der Waals surface area contributed by atoms with E-state index < -0.39 is 0 Å². The zero-order valence-electron chi connectivity index (χ0n) is 10.8. The standard InChI is InChI=1S/C13H21NO2S/c1-12(2)4-6-13(16-3,7-5-12)11-14-10(8-15)9-17-11/h9,15H,4-8H2,1-3H3. The molecule has 1 saturated carbocycles. The van der Waals surface area contributed by atoms with E-state index in [0.29, 0.717) is 5.41 Å². The zero-order chi connectivity index (χ0) is 12.5. The highest BCUT2D eigenvalue weighted by Crippen LogP contribution is 2.47. The minimum absolute atomic E-state index is 0.0157.